The number of nitrogens with zero attached hydrogens (tertiary/aromatic N) is 1. The molecule has 1 aliphatic heterocycles. The quantitative estimate of drug-likeness (QED) is 0.173. The van der Waals surface area contributed by atoms with E-state index in [0.717, 1.165) is 0 Å². The number of thiophene rings is 1. The number of hydrogen-bond acceptors (Lipinski definition) is 2. The highest BCUT2D eigenvalue weighted by Gasteiger charge is 2.41. The molecule has 60 heavy (non-hydrogen) atoms. The summed E-state index contributed by atoms with van der Waals surface area (Å²) >= 11 is 1.98. The summed E-state index contributed by atoms with van der Waals surface area (Å²) in [5.41, 5.74) is 16.5. The van der Waals surface area contributed by atoms with E-state index in [-0.39, 0.29) is 21.7 Å². The average Bonchev–Trinajstić information content (AvgIpc) is 3.80. The van der Waals surface area contributed by atoms with Crippen LogP contribution in [0.5, 0.6) is 0 Å². The van der Waals surface area contributed by atoms with Gasteiger partial charge in [0, 0.05) is 43.3 Å². The molecule has 9 aromatic rings. The van der Waals surface area contributed by atoms with Gasteiger partial charge in [-0.15, -0.1) is 11.3 Å². The van der Waals surface area contributed by atoms with Crippen molar-refractivity contribution in [2.75, 3.05) is 4.90 Å². The summed E-state index contributed by atoms with van der Waals surface area (Å²) in [7, 11) is 2.55. The van der Waals surface area contributed by atoms with Gasteiger partial charge in [0.25, 0.3) is 0 Å². The van der Waals surface area contributed by atoms with Crippen LogP contribution in [0.2, 0.25) is 0 Å². The van der Waals surface area contributed by atoms with Gasteiger partial charge in [-0.3, -0.25) is 0 Å². The van der Waals surface area contributed by atoms with E-state index in [1.807, 2.05) is 11.3 Å². The first kappa shape index (κ1) is 36.5. The summed E-state index contributed by atoms with van der Waals surface area (Å²) in [5, 5.41) is 9.03. The largest absolute Gasteiger partial charge is 0.354 e. The SMILES string of the molecule is CC1(C)CCC(C)(C)c2cc(N3c4cc5ccccc5c(-c5cccc6c5[nH]c5ccc7ccccc7c56)c4[B]c4sc5cc6c(cc5c43)C(C)(C)CCC6(C)C)ccc21. The first-order valence-electron chi connectivity index (χ1n) is 22.1. The molecular formula is C56H52BN2S. The van der Waals surface area contributed by atoms with Crippen LogP contribution in [-0.4, -0.2) is 12.3 Å². The van der Waals surface area contributed by atoms with Crippen LogP contribution < -0.4 is 15.1 Å². The van der Waals surface area contributed by atoms with Crippen molar-refractivity contribution in [1.82, 2.24) is 4.98 Å². The number of benzene rings is 7. The smallest absolute Gasteiger partial charge is 0.211 e. The number of aromatic amines is 1. The Morgan fingerprint density at radius 2 is 1.18 bits per heavy atom. The Hall–Kier alpha value is -5.32. The van der Waals surface area contributed by atoms with Gasteiger partial charge in [-0.2, -0.15) is 0 Å². The van der Waals surface area contributed by atoms with Crippen LogP contribution in [0.1, 0.15) is 103 Å². The minimum atomic E-state index is 0.0871. The number of H-pyrrole nitrogens is 1. The minimum Gasteiger partial charge on any atom is -0.354 e. The summed E-state index contributed by atoms with van der Waals surface area (Å²) in [6.07, 6.45) is 4.79. The van der Waals surface area contributed by atoms with Crippen molar-refractivity contribution in [3.8, 4) is 11.1 Å². The van der Waals surface area contributed by atoms with E-state index in [2.05, 4.69) is 188 Å². The zero-order valence-corrected chi connectivity index (χ0v) is 37.0. The van der Waals surface area contributed by atoms with Crippen molar-refractivity contribution in [1.29, 1.82) is 0 Å². The molecule has 3 aliphatic rings. The highest BCUT2D eigenvalue weighted by molar-refractivity contribution is 7.29. The molecule has 0 saturated heterocycles. The number of para-hydroxylation sites is 1. The molecule has 0 amide bonds. The fourth-order valence-electron chi connectivity index (χ4n) is 11.6. The van der Waals surface area contributed by atoms with Crippen molar-refractivity contribution in [2.24, 2.45) is 0 Å². The Kier molecular flexibility index (Phi) is 7.41. The predicted octanol–water partition coefficient (Wildman–Crippen LogP) is 14.6. The second kappa shape index (κ2) is 12.2. The van der Waals surface area contributed by atoms with Crippen molar-refractivity contribution in [2.45, 2.75) is 103 Å². The lowest BCUT2D eigenvalue weighted by Crippen LogP contribution is -2.40. The number of anilines is 3. The second-order valence-electron chi connectivity index (χ2n) is 20.9. The molecule has 0 atom stereocenters. The molecule has 1 N–H and O–H groups in total. The lowest BCUT2D eigenvalue weighted by atomic mass is 9.60. The van der Waals surface area contributed by atoms with Gasteiger partial charge in [-0.05, 0) is 143 Å². The fourth-order valence-corrected chi connectivity index (χ4v) is 12.8. The van der Waals surface area contributed by atoms with Crippen LogP contribution >= 0.6 is 11.3 Å². The van der Waals surface area contributed by atoms with Crippen LogP contribution in [0.4, 0.5) is 17.1 Å². The van der Waals surface area contributed by atoms with E-state index >= 15 is 0 Å². The molecule has 4 heteroatoms. The lowest BCUT2D eigenvalue weighted by Gasteiger charge is -2.43. The second-order valence-corrected chi connectivity index (χ2v) is 22.0. The molecule has 2 aliphatic carbocycles. The van der Waals surface area contributed by atoms with E-state index < -0.39 is 0 Å². The number of aromatic nitrogens is 1. The Morgan fingerprint density at radius 3 is 1.93 bits per heavy atom. The number of nitrogens with one attached hydrogen (secondary N) is 1. The molecule has 12 rings (SSSR count). The van der Waals surface area contributed by atoms with Crippen LogP contribution in [0.15, 0.2) is 115 Å². The van der Waals surface area contributed by atoms with E-state index in [1.165, 1.54) is 140 Å². The molecular weight excluding hydrogens is 744 g/mol. The highest BCUT2D eigenvalue weighted by atomic mass is 32.1. The molecule has 295 valence electrons. The zero-order valence-electron chi connectivity index (χ0n) is 36.2. The molecule has 3 heterocycles. The number of hydrogen-bond donors (Lipinski definition) is 1. The highest BCUT2D eigenvalue weighted by Crippen LogP contribution is 2.53. The molecule has 0 saturated carbocycles. The molecule has 2 aromatic heterocycles. The van der Waals surface area contributed by atoms with E-state index in [0.29, 0.717) is 0 Å². The van der Waals surface area contributed by atoms with Gasteiger partial charge in [-0.1, -0.05) is 134 Å². The van der Waals surface area contributed by atoms with Gasteiger partial charge in [0.1, 0.15) is 0 Å². The Morgan fingerprint density at radius 1 is 0.550 bits per heavy atom. The summed E-state index contributed by atoms with van der Waals surface area (Å²) in [6.45, 7) is 19.6. The van der Waals surface area contributed by atoms with Crippen molar-refractivity contribution in [3.63, 3.8) is 0 Å². The van der Waals surface area contributed by atoms with Crippen molar-refractivity contribution in [3.05, 3.63) is 138 Å². The normalized spacial score (nSPS) is 18.4. The molecule has 0 fully saturated rings. The molecule has 0 spiro atoms. The maximum absolute atomic E-state index is 3.96. The van der Waals surface area contributed by atoms with Crippen LogP contribution in [0, 0.1) is 0 Å². The minimum absolute atomic E-state index is 0.0871. The number of fused-ring (bicyclic) bond motifs is 12. The molecule has 1 radical (unpaired) electrons. The first-order chi connectivity index (χ1) is 28.7. The van der Waals surface area contributed by atoms with Crippen molar-refractivity contribution >= 4 is 99.4 Å². The summed E-state index contributed by atoms with van der Waals surface area (Å²) in [5.74, 6) is 0. The topological polar surface area (TPSA) is 19.0 Å². The standard InChI is InChI=1S/C56H52BN2S/c1-53(2)24-25-54(3,4)41-29-34(21-22-40(41)53)59-45-28-33-15-10-12-17-36(33)48(38-19-13-18-37-47-35-16-11-9-14-32(35)20-23-44(47)58-50(37)38)49(45)57-52-51(59)39-30-42-43(31-46(39)60-52)56(7,8)27-26-55(42,5)6/h9-23,28-31,58H,24-27H2,1-8H3. The van der Waals surface area contributed by atoms with Gasteiger partial charge >= 0.3 is 0 Å². The Labute approximate surface area is 358 Å². The van der Waals surface area contributed by atoms with Crippen LogP contribution in [0.3, 0.4) is 0 Å². The molecule has 0 unspecified atom stereocenters. The molecule has 7 aromatic carbocycles. The van der Waals surface area contributed by atoms with Gasteiger partial charge < -0.3 is 9.88 Å². The van der Waals surface area contributed by atoms with E-state index in [4.69, 9.17) is 0 Å². The first-order valence-corrected chi connectivity index (χ1v) is 22.9. The van der Waals surface area contributed by atoms with E-state index in [1.54, 1.807) is 0 Å². The third kappa shape index (κ3) is 5.07. The number of rotatable bonds is 2. The Bertz CT molecular complexity index is 3320. The Balaban J connectivity index is 1.19. The van der Waals surface area contributed by atoms with Gasteiger partial charge in [0.2, 0.25) is 7.28 Å². The summed E-state index contributed by atoms with van der Waals surface area (Å²) < 4.78 is 2.72. The molecule has 2 nitrogen and oxygen atoms in total. The third-order valence-corrected chi connectivity index (χ3v) is 16.4. The van der Waals surface area contributed by atoms with Gasteiger partial charge in [0.05, 0.1) is 11.2 Å². The summed E-state index contributed by atoms with van der Waals surface area (Å²) in [4.78, 5) is 6.64. The van der Waals surface area contributed by atoms with E-state index in [9.17, 15) is 0 Å². The maximum Gasteiger partial charge on any atom is 0.211 e. The summed E-state index contributed by atoms with van der Waals surface area (Å²) in [6, 6.07) is 44.5. The monoisotopic (exact) mass is 795 g/mol. The van der Waals surface area contributed by atoms with Gasteiger partial charge in [0.15, 0.2) is 0 Å². The van der Waals surface area contributed by atoms with Crippen LogP contribution in [0.25, 0.3) is 64.6 Å². The lowest BCUT2D eigenvalue weighted by molar-refractivity contribution is 0.332. The maximum atomic E-state index is 3.96. The third-order valence-electron chi connectivity index (χ3n) is 15.4. The van der Waals surface area contributed by atoms with Crippen LogP contribution in [-0.2, 0) is 21.7 Å². The average molecular weight is 796 g/mol. The van der Waals surface area contributed by atoms with Crippen molar-refractivity contribution < 1.29 is 0 Å². The zero-order chi connectivity index (χ0) is 41.1. The molecule has 0 bridgehead atoms. The predicted molar refractivity (Wildman–Crippen MR) is 262 cm³/mol. The van der Waals surface area contributed by atoms with Gasteiger partial charge in [-0.25, -0.2) is 0 Å². The fraction of sp³-hybridized carbons (Fsp3) is 0.286.